The highest BCUT2D eigenvalue weighted by atomic mass is 15.4. The Kier molecular flexibility index (Phi) is 8.38. The van der Waals surface area contributed by atoms with Gasteiger partial charge >= 0.3 is 0 Å². The van der Waals surface area contributed by atoms with Gasteiger partial charge in [0, 0.05) is 11.8 Å². The topological polar surface area (TPSA) is 0 Å². The minimum atomic E-state index is 1.07. The number of piperidine rings is 2. The summed E-state index contributed by atoms with van der Waals surface area (Å²) in [5.74, 6) is 2.14. The summed E-state index contributed by atoms with van der Waals surface area (Å²) >= 11 is 0. The summed E-state index contributed by atoms with van der Waals surface area (Å²) in [5.41, 5.74) is 0. The highest BCUT2D eigenvalue weighted by Crippen LogP contribution is 2.32. The van der Waals surface area contributed by atoms with Crippen LogP contribution in [0.3, 0.4) is 0 Å². The molecular formula is C27H52N2+2. The Balaban J connectivity index is 1.22. The molecule has 0 aromatic heterocycles. The molecule has 0 aromatic rings. The Morgan fingerprint density at radius 1 is 0.414 bits per heavy atom. The molecule has 0 unspecified atom stereocenters. The number of unbranched alkanes of at least 4 members (excludes halogenated alkanes) is 2. The van der Waals surface area contributed by atoms with Gasteiger partial charge in [0.25, 0.3) is 0 Å². The van der Waals surface area contributed by atoms with Gasteiger partial charge in [0.05, 0.1) is 52.4 Å². The summed E-state index contributed by atoms with van der Waals surface area (Å²) in [4.78, 5) is 0. The first-order valence-electron chi connectivity index (χ1n) is 14.0. The molecule has 0 bridgehead atoms. The van der Waals surface area contributed by atoms with E-state index in [0.717, 1.165) is 11.8 Å². The Hall–Kier alpha value is -0.0800. The van der Waals surface area contributed by atoms with Crippen molar-refractivity contribution in [2.45, 2.75) is 109 Å². The third-order valence-electron chi connectivity index (χ3n) is 9.54. The Morgan fingerprint density at radius 2 is 0.793 bits per heavy atom. The molecule has 0 radical (unpaired) electrons. The van der Waals surface area contributed by atoms with Crippen LogP contribution in [0.2, 0.25) is 0 Å². The molecule has 2 nitrogen and oxygen atoms in total. The lowest BCUT2D eigenvalue weighted by atomic mass is 9.99. The van der Waals surface area contributed by atoms with E-state index in [-0.39, 0.29) is 0 Å². The number of likely N-dealkylation sites (tertiary alicyclic amines) is 2. The first kappa shape index (κ1) is 22.1. The Labute approximate surface area is 182 Å². The van der Waals surface area contributed by atoms with Gasteiger partial charge < -0.3 is 8.97 Å². The van der Waals surface area contributed by atoms with Crippen LogP contribution < -0.4 is 0 Å². The van der Waals surface area contributed by atoms with Crippen LogP contribution in [0.15, 0.2) is 0 Å². The maximum Gasteiger partial charge on any atom is 0.0815 e. The van der Waals surface area contributed by atoms with E-state index >= 15 is 0 Å². The normalized spacial score (nSPS) is 28.1. The van der Waals surface area contributed by atoms with E-state index in [1.54, 1.807) is 38.8 Å². The molecule has 4 fully saturated rings. The number of nitrogens with zero attached hydrogens (tertiary/aromatic N) is 2. The molecule has 168 valence electrons. The van der Waals surface area contributed by atoms with Crippen LogP contribution in [0.5, 0.6) is 0 Å². The van der Waals surface area contributed by atoms with Crippen molar-refractivity contribution in [3.05, 3.63) is 0 Å². The van der Waals surface area contributed by atoms with Crippen molar-refractivity contribution in [3.63, 3.8) is 0 Å². The van der Waals surface area contributed by atoms with Crippen molar-refractivity contribution < 1.29 is 8.97 Å². The SMILES string of the molecule is C1CC[N+](CCCCC[N+]2(CC3CCCC3)CCCCC2)(CC2CCCC2)CC1. The van der Waals surface area contributed by atoms with Crippen molar-refractivity contribution in [2.24, 2.45) is 11.8 Å². The van der Waals surface area contributed by atoms with Crippen LogP contribution in [-0.2, 0) is 0 Å². The van der Waals surface area contributed by atoms with Crippen molar-refractivity contribution in [1.29, 1.82) is 0 Å². The number of hydrogen-bond donors (Lipinski definition) is 0. The summed E-state index contributed by atoms with van der Waals surface area (Å²) in [6.45, 7) is 12.2. The number of rotatable bonds is 10. The lowest BCUT2D eigenvalue weighted by molar-refractivity contribution is -0.937. The van der Waals surface area contributed by atoms with E-state index in [1.807, 2.05) is 0 Å². The minimum absolute atomic E-state index is 1.07. The zero-order chi connectivity index (χ0) is 19.8. The van der Waals surface area contributed by atoms with Gasteiger partial charge in [-0.3, -0.25) is 0 Å². The molecule has 29 heavy (non-hydrogen) atoms. The van der Waals surface area contributed by atoms with Crippen molar-refractivity contribution in [2.75, 3.05) is 52.4 Å². The first-order chi connectivity index (χ1) is 14.3. The van der Waals surface area contributed by atoms with Gasteiger partial charge in [0.15, 0.2) is 0 Å². The molecule has 0 atom stereocenters. The largest absolute Gasteiger partial charge is 0.323 e. The van der Waals surface area contributed by atoms with Crippen LogP contribution in [0.1, 0.15) is 109 Å². The first-order valence-corrected chi connectivity index (χ1v) is 14.0. The molecule has 2 saturated heterocycles. The zero-order valence-corrected chi connectivity index (χ0v) is 19.7. The molecular weight excluding hydrogens is 352 g/mol. The molecule has 2 heterocycles. The van der Waals surface area contributed by atoms with E-state index in [9.17, 15) is 0 Å². The second-order valence-corrected chi connectivity index (χ2v) is 11.9. The molecule has 0 spiro atoms. The summed E-state index contributed by atoms with van der Waals surface area (Å²) in [6, 6.07) is 0. The maximum absolute atomic E-state index is 1.54. The molecule has 2 heteroatoms. The predicted molar refractivity (Wildman–Crippen MR) is 125 cm³/mol. The zero-order valence-electron chi connectivity index (χ0n) is 19.7. The molecule has 4 rings (SSSR count). The molecule has 4 aliphatic rings. The van der Waals surface area contributed by atoms with Gasteiger partial charge in [-0.25, -0.2) is 0 Å². The average Bonchev–Trinajstić information content (AvgIpc) is 3.43. The van der Waals surface area contributed by atoms with Crippen LogP contribution in [0.4, 0.5) is 0 Å². The fourth-order valence-electron chi connectivity index (χ4n) is 7.91. The standard InChI is InChI=1S/C27H52N2/c1-8-18-28(19-9-1,24-26-14-4-5-15-26)22-12-3-13-23-29(20-10-2-11-21-29)25-27-16-6-7-17-27/h26-27H,1-25H2/q+2. The molecule has 0 amide bonds. The van der Waals surface area contributed by atoms with Gasteiger partial charge in [0.1, 0.15) is 0 Å². The number of hydrogen-bond acceptors (Lipinski definition) is 0. The molecule has 2 saturated carbocycles. The van der Waals surface area contributed by atoms with Crippen LogP contribution in [0, 0.1) is 11.8 Å². The predicted octanol–water partition coefficient (Wildman–Crippen LogP) is 6.54. The quantitative estimate of drug-likeness (QED) is 0.286. The van der Waals surface area contributed by atoms with Gasteiger partial charge in [0.2, 0.25) is 0 Å². The van der Waals surface area contributed by atoms with E-state index in [0.29, 0.717) is 0 Å². The van der Waals surface area contributed by atoms with E-state index in [1.165, 1.54) is 132 Å². The third kappa shape index (κ3) is 6.45. The highest BCUT2D eigenvalue weighted by molar-refractivity contribution is 4.70. The summed E-state index contributed by atoms with van der Waals surface area (Å²) in [5, 5.41) is 0. The second-order valence-electron chi connectivity index (χ2n) is 11.9. The van der Waals surface area contributed by atoms with Gasteiger partial charge in [-0.15, -0.1) is 0 Å². The number of quaternary nitrogens is 2. The van der Waals surface area contributed by atoms with E-state index < -0.39 is 0 Å². The third-order valence-corrected chi connectivity index (χ3v) is 9.54. The van der Waals surface area contributed by atoms with Gasteiger partial charge in [-0.1, -0.05) is 25.7 Å². The minimum Gasteiger partial charge on any atom is -0.323 e. The summed E-state index contributed by atoms with van der Waals surface area (Å²) in [7, 11) is 0. The van der Waals surface area contributed by atoms with Crippen molar-refractivity contribution in [3.8, 4) is 0 Å². The Bertz CT molecular complexity index is 407. The smallest absolute Gasteiger partial charge is 0.0815 e. The molecule has 2 aliphatic heterocycles. The van der Waals surface area contributed by atoms with Gasteiger partial charge in [-0.2, -0.15) is 0 Å². The average molecular weight is 405 g/mol. The lowest BCUT2D eigenvalue weighted by Crippen LogP contribution is -2.55. The molecule has 0 aromatic carbocycles. The van der Waals surface area contributed by atoms with Crippen LogP contribution >= 0.6 is 0 Å². The van der Waals surface area contributed by atoms with Crippen molar-refractivity contribution >= 4 is 0 Å². The molecule has 2 aliphatic carbocycles. The van der Waals surface area contributed by atoms with Crippen molar-refractivity contribution in [1.82, 2.24) is 0 Å². The molecule has 0 N–H and O–H groups in total. The monoisotopic (exact) mass is 404 g/mol. The van der Waals surface area contributed by atoms with Gasteiger partial charge in [-0.05, 0) is 83.5 Å². The fourth-order valence-corrected chi connectivity index (χ4v) is 7.91. The maximum atomic E-state index is 1.54. The van der Waals surface area contributed by atoms with Crippen LogP contribution in [-0.4, -0.2) is 61.3 Å². The summed E-state index contributed by atoms with van der Waals surface area (Å²) < 4.78 is 3.04. The lowest BCUT2D eigenvalue weighted by Gasteiger charge is -2.44. The highest BCUT2D eigenvalue weighted by Gasteiger charge is 2.35. The van der Waals surface area contributed by atoms with Crippen LogP contribution in [0.25, 0.3) is 0 Å². The fraction of sp³-hybridized carbons (Fsp3) is 1.00. The Morgan fingerprint density at radius 3 is 1.17 bits per heavy atom. The summed E-state index contributed by atoms with van der Waals surface area (Å²) in [6.07, 6.45) is 25.8. The van der Waals surface area contributed by atoms with E-state index in [4.69, 9.17) is 0 Å². The second kappa shape index (κ2) is 11.0. The van der Waals surface area contributed by atoms with E-state index in [2.05, 4.69) is 0 Å².